The van der Waals surface area contributed by atoms with E-state index in [-0.39, 0.29) is 36.4 Å². The second-order valence-corrected chi connectivity index (χ2v) is 7.96. The number of ketones is 1. The second-order valence-electron chi connectivity index (χ2n) is 7.96. The monoisotopic (exact) mass is 601 g/mol. The number of halogens is 1. The third-order valence-electron chi connectivity index (χ3n) is 4.29. The minimum Gasteiger partial charge on any atom is -0.512 e. The van der Waals surface area contributed by atoms with Crippen molar-refractivity contribution in [3.8, 4) is 11.3 Å². The zero-order chi connectivity index (χ0) is 21.6. The quantitative estimate of drug-likeness (QED) is 0.206. The molecule has 3 aromatic rings. The molecule has 0 unspecified atom stereocenters. The average Bonchev–Trinajstić information content (AvgIpc) is 2.59. The van der Waals surface area contributed by atoms with Gasteiger partial charge in [-0.1, -0.05) is 45.9 Å². The number of hydrogen-bond donors (Lipinski definition) is 1. The van der Waals surface area contributed by atoms with Crippen molar-refractivity contribution in [2.24, 2.45) is 5.92 Å². The Balaban J connectivity index is 0.000000875. The molecule has 2 aromatic carbocycles. The first-order chi connectivity index (χ1) is 13.7. The molecular formula is C26H31FIrNO2-. The van der Waals surface area contributed by atoms with E-state index in [4.69, 9.17) is 5.11 Å². The number of nitrogens with zero attached hydrogens (tertiary/aromatic N) is 1. The molecule has 0 amide bonds. The third-order valence-corrected chi connectivity index (χ3v) is 4.29. The van der Waals surface area contributed by atoms with Crippen LogP contribution in [0.5, 0.6) is 0 Å². The van der Waals surface area contributed by atoms with Crippen LogP contribution in [0.15, 0.2) is 54.4 Å². The number of rotatable bonds is 4. The summed E-state index contributed by atoms with van der Waals surface area (Å²) in [6.07, 6.45) is 4.16. The normalized spacial score (nSPS) is 10.6. The molecule has 0 saturated carbocycles. The number of carbonyl (C=O) groups is 1. The van der Waals surface area contributed by atoms with Crippen molar-refractivity contribution in [3.05, 3.63) is 77.2 Å². The van der Waals surface area contributed by atoms with Gasteiger partial charge in [0.15, 0.2) is 5.78 Å². The Hall–Kier alpha value is -2.36. The number of pyridine rings is 1. The van der Waals surface area contributed by atoms with Gasteiger partial charge in [-0.05, 0) is 54.3 Å². The SMILES string of the molecule is CC(=O)C=C(C)O.Cc1[c-]c(-c2nccc3ccc(CC(C)C)cc23)cc(C)c1.F.[Ir]. The van der Waals surface area contributed by atoms with E-state index in [1.165, 1.54) is 41.8 Å². The van der Waals surface area contributed by atoms with Gasteiger partial charge >= 0.3 is 0 Å². The van der Waals surface area contributed by atoms with Gasteiger partial charge in [-0.3, -0.25) is 9.50 Å². The van der Waals surface area contributed by atoms with Crippen molar-refractivity contribution in [1.29, 1.82) is 0 Å². The molecule has 1 radical (unpaired) electrons. The van der Waals surface area contributed by atoms with Crippen molar-refractivity contribution in [3.63, 3.8) is 0 Å². The van der Waals surface area contributed by atoms with E-state index in [0.29, 0.717) is 5.92 Å². The zero-order valence-corrected chi connectivity index (χ0v) is 21.3. The number of aliphatic hydroxyl groups excluding tert-OH is 1. The molecule has 0 fully saturated rings. The molecule has 5 heteroatoms. The van der Waals surface area contributed by atoms with Crippen LogP contribution in [0.1, 0.15) is 44.4 Å². The molecule has 1 N–H and O–H groups in total. The van der Waals surface area contributed by atoms with Crippen molar-refractivity contribution in [2.75, 3.05) is 0 Å². The Morgan fingerprint density at radius 1 is 1.13 bits per heavy atom. The predicted octanol–water partition coefficient (Wildman–Crippen LogP) is 6.70. The number of aromatic nitrogens is 1. The predicted molar refractivity (Wildman–Crippen MR) is 124 cm³/mol. The van der Waals surface area contributed by atoms with Crippen LogP contribution in [0, 0.1) is 25.8 Å². The van der Waals surface area contributed by atoms with Crippen molar-refractivity contribution >= 4 is 16.6 Å². The summed E-state index contributed by atoms with van der Waals surface area (Å²) >= 11 is 0. The van der Waals surface area contributed by atoms with Crippen LogP contribution >= 0.6 is 0 Å². The first kappa shape index (κ1) is 28.6. The van der Waals surface area contributed by atoms with Crippen LogP contribution in [0.4, 0.5) is 4.70 Å². The molecule has 0 bridgehead atoms. The third kappa shape index (κ3) is 9.12. The van der Waals surface area contributed by atoms with E-state index in [2.05, 4.69) is 75.1 Å². The van der Waals surface area contributed by atoms with Gasteiger partial charge in [0.2, 0.25) is 0 Å². The van der Waals surface area contributed by atoms with Crippen LogP contribution in [-0.2, 0) is 31.3 Å². The van der Waals surface area contributed by atoms with Gasteiger partial charge in [-0.25, -0.2) is 0 Å². The number of aliphatic hydroxyl groups is 1. The molecule has 3 rings (SSSR count). The molecule has 0 aliphatic carbocycles. The molecule has 3 nitrogen and oxygen atoms in total. The minimum atomic E-state index is -0.125. The maximum absolute atomic E-state index is 10.0. The summed E-state index contributed by atoms with van der Waals surface area (Å²) in [6.45, 7) is 11.6. The number of hydrogen-bond acceptors (Lipinski definition) is 3. The molecule has 0 saturated heterocycles. The van der Waals surface area contributed by atoms with E-state index in [1.807, 2.05) is 6.20 Å². The number of allylic oxidation sites excluding steroid dienone is 2. The fourth-order valence-electron chi connectivity index (χ4n) is 3.35. The summed E-state index contributed by atoms with van der Waals surface area (Å²) in [6, 6.07) is 16.6. The number of carbonyl (C=O) groups excluding carboxylic acids is 1. The first-order valence-corrected chi connectivity index (χ1v) is 9.92. The van der Waals surface area contributed by atoms with Gasteiger partial charge in [-0.2, -0.15) is 0 Å². The Labute approximate surface area is 198 Å². The Morgan fingerprint density at radius 3 is 2.32 bits per heavy atom. The van der Waals surface area contributed by atoms with E-state index in [1.54, 1.807) is 0 Å². The molecule has 0 aliphatic rings. The first-order valence-electron chi connectivity index (χ1n) is 9.92. The van der Waals surface area contributed by atoms with Gasteiger partial charge in [0.05, 0.1) is 5.76 Å². The number of benzene rings is 2. The van der Waals surface area contributed by atoms with Crippen LogP contribution in [0.2, 0.25) is 0 Å². The van der Waals surface area contributed by atoms with Crippen molar-refractivity contribution in [2.45, 2.75) is 48.0 Å². The van der Waals surface area contributed by atoms with Crippen molar-refractivity contribution < 1.29 is 34.7 Å². The van der Waals surface area contributed by atoms with Crippen molar-refractivity contribution in [1.82, 2.24) is 4.98 Å². The van der Waals surface area contributed by atoms with Gasteiger partial charge in [0.1, 0.15) is 0 Å². The standard InChI is InChI=1S/C21H22N.C5H8O2.FH.Ir/c1-14(2)9-17-5-6-18-7-8-22-21(20(18)13-17)19-11-15(3)10-16(4)12-19;1-4(6)3-5(2)7;;/h5-8,10-11,13-14H,9H2,1-4H3;3,6H,1-2H3;1H;/q-1;;;. The van der Waals surface area contributed by atoms with E-state index >= 15 is 0 Å². The number of aryl methyl sites for hydroxylation is 2. The fraction of sp³-hybridized carbons (Fsp3) is 0.308. The molecule has 0 aliphatic heterocycles. The van der Waals surface area contributed by atoms with Crippen LogP contribution in [0.3, 0.4) is 0 Å². The maximum Gasteiger partial charge on any atom is 0.155 e. The van der Waals surface area contributed by atoms with E-state index in [0.717, 1.165) is 23.2 Å². The average molecular weight is 601 g/mol. The summed E-state index contributed by atoms with van der Waals surface area (Å²) in [4.78, 5) is 14.7. The van der Waals surface area contributed by atoms with Gasteiger partial charge in [-0.15, -0.1) is 34.9 Å². The number of fused-ring (bicyclic) bond motifs is 1. The summed E-state index contributed by atoms with van der Waals surface area (Å²) < 4.78 is 0. The molecule has 31 heavy (non-hydrogen) atoms. The molecular weight excluding hydrogens is 570 g/mol. The summed E-state index contributed by atoms with van der Waals surface area (Å²) in [5.41, 5.74) is 5.91. The smallest absolute Gasteiger partial charge is 0.155 e. The maximum atomic E-state index is 10.0. The topological polar surface area (TPSA) is 50.2 Å². The molecule has 1 aromatic heterocycles. The zero-order valence-electron chi connectivity index (χ0n) is 18.9. The second kappa shape index (κ2) is 13.1. The molecule has 169 valence electrons. The summed E-state index contributed by atoms with van der Waals surface area (Å²) in [5, 5.41) is 10.8. The van der Waals surface area contributed by atoms with Crippen LogP contribution < -0.4 is 0 Å². The Bertz CT molecular complexity index is 1020. The molecule has 0 spiro atoms. The Kier molecular flexibility index (Phi) is 12.1. The minimum absolute atomic E-state index is 0. The summed E-state index contributed by atoms with van der Waals surface area (Å²) in [7, 11) is 0. The van der Waals surface area contributed by atoms with Gasteiger partial charge in [0.25, 0.3) is 0 Å². The molecule has 0 atom stereocenters. The largest absolute Gasteiger partial charge is 0.512 e. The Morgan fingerprint density at radius 2 is 1.81 bits per heavy atom. The van der Waals surface area contributed by atoms with E-state index < -0.39 is 0 Å². The fourth-order valence-corrected chi connectivity index (χ4v) is 3.35. The van der Waals surface area contributed by atoms with Gasteiger partial charge in [0, 0.05) is 32.4 Å². The van der Waals surface area contributed by atoms with Gasteiger partial charge < -0.3 is 10.1 Å². The van der Waals surface area contributed by atoms with Crippen LogP contribution in [0.25, 0.3) is 22.0 Å². The van der Waals surface area contributed by atoms with E-state index in [9.17, 15) is 4.79 Å². The molecule has 1 heterocycles. The summed E-state index contributed by atoms with van der Waals surface area (Å²) in [5.74, 6) is 0.595. The van der Waals surface area contributed by atoms with Crippen LogP contribution in [-0.4, -0.2) is 15.9 Å².